The minimum absolute atomic E-state index is 0.505. The van der Waals surface area contributed by atoms with E-state index in [2.05, 4.69) is 19.1 Å². The number of aliphatic hydroxyl groups is 1. The normalized spacial score (nSPS) is 14.9. The van der Waals surface area contributed by atoms with Gasteiger partial charge < -0.3 is 10.8 Å². The average Bonchev–Trinajstić information content (AvgIpc) is 2.19. The van der Waals surface area contributed by atoms with Crippen LogP contribution in [0.25, 0.3) is 0 Å². The summed E-state index contributed by atoms with van der Waals surface area (Å²) in [7, 11) is 0. The van der Waals surface area contributed by atoms with Crippen molar-refractivity contribution in [3.63, 3.8) is 0 Å². The molecule has 0 amide bonds. The van der Waals surface area contributed by atoms with Crippen LogP contribution >= 0.6 is 0 Å². The van der Waals surface area contributed by atoms with Crippen LogP contribution in [-0.4, -0.2) is 11.7 Å². The first kappa shape index (κ1) is 12.2. The van der Waals surface area contributed by atoms with Crippen molar-refractivity contribution in [1.82, 2.24) is 0 Å². The van der Waals surface area contributed by atoms with E-state index in [1.807, 2.05) is 19.1 Å². The van der Waals surface area contributed by atoms with Gasteiger partial charge in [0, 0.05) is 0 Å². The standard InChI is InChI=1S/C13H21NO/c1-3-5-11-6-4-7-12(10-11)13(2,15)8-9-14/h4,6-7,10,15H,3,5,8-9,14H2,1-2H3. The van der Waals surface area contributed by atoms with E-state index >= 15 is 0 Å². The van der Waals surface area contributed by atoms with Crippen molar-refractivity contribution in [1.29, 1.82) is 0 Å². The zero-order valence-corrected chi connectivity index (χ0v) is 9.66. The Morgan fingerprint density at radius 3 is 2.73 bits per heavy atom. The van der Waals surface area contributed by atoms with Crippen LogP contribution in [0, 0.1) is 0 Å². The molecule has 0 bridgehead atoms. The zero-order chi connectivity index (χ0) is 11.3. The Morgan fingerprint density at radius 1 is 1.40 bits per heavy atom. The van der Waals surface area contributed by atoms with E-state index in [0.717, 1.165) is 18.4 Å². The van der Waals surface area contributed by atoms with Crippen molar-refractivity contribution < 1.29 is 5.11 Å². The lowest BCUT2D eigenvalue weighted by atomic mass is 9.91. The molecule has 1 aromatic carbocycles. The highest BCUT2D eigenvalue weighted by Crippen LogP contribution is 2.24. The number of hydrogen-bond acceptors (Lipinski definition) is 2. The lowest BCUT2D eigenvalue weighted by Gasteiger charge is -2.23. The van der Waals surface area contributed by atoms with Crippen molar-refractivity contribution in [3.05, 3.63) is 35.4 Å². The second kappa shape index (κ2) is 5.29. The largest absolute Gasteiger partial charge is 0.385 e. The molecule has 1 unspecified atom stereocenters. The molecule has 15 heavy (non-hydrogen) atoms. The number of rotatable bonds is 5. The SMILES string of the molecule is CCCc1cccc(C(C)(O)CCN)c1. The molecule has 1 atom stereocenters. The molecule has 0 saturated heterocycles. The predicted molar refractivity (Wildman–Crippen MR) is 63.7 cm³/mol. The fraction of sp³-hybridized carbons (Fsp3) is 0.538. The maximum absolute atomic E-state index is 10.2. The van der Waals surface area contributed by atoms with E-state index < -0.39 is 5.60 Å². The quantitative estimate of drug-likeness (QED) is 0.777. The van der Waals surface area contributed by atoms with Gasteiger partial charge in [0.25, 0.3) is 0 Å². The maximum Gasteiger partial charge on any atom is 0.0880 e. The smallest absolute Gasteiger partial charge is 0.0880 e. The molecule has 2 nitrogen and oxygen atoms in total. The molecule has 0 aliphatic rings. The third-order valence-electron chi connectivity index (χ3n) is 2.72. The third-order valence-corrected chi connectivity index (χ3v) is 2.72. The van der Waals surface area contributed by atoms with Crippen LogP contribution in [-0.2, 0) is 12.0 Å². The fourth-order valence-corrected chi connectivity index (χ4v) is 1.78. The summed E-state index contributed by atoms with van der Waals surface area (Å²) in [6.45, 7) is 4.49. The van der Waals surface area contributed by atoms with Gasteiger partial charge in [-0.05, 0) is 37.4 Å². The molecule has 0 fully saturated rings. The molecule has 0 spiro atoms. The molecule has 1 rings (SSSR count). The summed E-state index contributed by atoms with van der Waals surface area (Å²) in [4.78, 5) is 0. The van der Waals surface area contributed by atoms with Crippen LogP contribution in [0.3, 0.4) is 0 Å². The van der Waals surface area contributed by atoms with Crippen LogP contribution < -0.4 is 5.73 Å². The molecular formula is C13H21NO. The Labute approximate surface area is 92.1 Å². The van der Waals surface area contributed by atoms with E-state index in [0.29, 0.717) is 13.0 Å². The number of aryl methyl sites for hydroxylation is 1. The molecule has 0 aliphatic carbocycles. The highest BCUT2D eigenvalue weighted by Gasteiger charge is 2.21. The van der Waals surface area contributed by atoms with Gasteiger partial charge in [-0.1, -0.05) is 37.6 Å². The van der Waals surface area contributed by atoms with Gasteiger partial charge in [0.2, 0.25) is 0 Å². The highest BCUT2D eigenvalue weighted by atomic mass is 16.3. The molecule has 0 saturated carbocycles. The summed E-state index contributed by atoms with van der Waals surface area (Å²) in [5.74, 6) is 0. The topological polar surface area (TPSA) is 46.2 Å². The van der Waals surface area contributed by atoms with Crippen molar-refractivity contribution in [2.75, 3.05) is 6.54 Å². The molecule has 0 aromatic heterocycles. The van der Waals surface area contributed by atoms with E-state index in [9.17, 15) is 5.11 Å². The van der Waals surface area contributed by atoms with Gasteiger partial charge in [-0.3, -0.25) is 0 Å². The minimum atomic E-state index is -0.793. The van der Waals surface area contributed by atoms with Crippen molar-refractivity contribution in [3.8, 4) is 0 Å². The average molecular weight is 207 g/mol. The van der Waals surface area contributed by atoms with Crippen LogP contribution in [0.5, 0.6) is 0 Å². The Hall–Kier alpha value is -0.860. The molecule has 1 aromatic rings. The zero-order valence-electron chi connectivity index (χ0n) is 9.66. The number of benzene rings is 1. The van der Waals surface area contributed by atoms with Gasteiger partial charge in [-0.25, -0.2) is 0 Å². The van der Waals surface area contributed by atoms with Crippen LogP contribution in [0.2, 0.25) is 0 Å². The second-order valence-corrected chi connectivity index (χ2v) is 4.26. The lowest BCUT2D eigenvalue weighted by molar-refractivity contribution is 0.0503. The minimum Gasteiger partial charge on any atom is -0.385 e. The summed E-state index contributed by atoms with van der Waals surface area (Å²) in [5.41, 5.74) is 6.95. The molecule has 2 heteroatoms. The number of hydrogen-bond donors (Lipinski definition) is 2. The molecule has 84 valence electrons. The molecule has 0 aliphatic heterocycles. The first-order valence-corrected chi connectivity index (χ1v) is 5.62. The molecule has 0 radical (unpaired) electrons. The first-order chi connectivity index (χ1) is 7.10. The third kappa shape index (κ3) is 3.33. The Morgan fingerprint density at radius 2 is 2.13 bits per heavy atom. The van der Waals surface area contributed by atoms with Crippen molar-refractivity contribution >= 4 is 0 Å². The van der Waals surface area contributed by atoms with E-state index in [4.69, 9.17) is 5.73 Å². The van der Waals surface area contributed by atoms with Gasteiger partial charge in [-0.15, -0.1) is 0 Å². The Bertz CT molecular complexity index is 307. The first-order valence-electron chi connectivity index (χ1n) is 5.62. The van der Waals surface area contributed by atoms with E-state index in [-0.39, 0.29) is 0 Å². The summed E-state index contributed by atoms with van der Waals surface area (Å²) >= 11 is 0. The fourth-order valence-electron chi connectivity index (χ4n) is 1.78. The van der Waals surface area contributed by atoms with Crippen molar-refractivity contribution in [2.45, 2.75) is 38.7 Å². The Kier molecular flexibility index (Phi) is 4.30. The van der Waals surface area contributed by atoms with Gasteiger partial charge >= 0.3 is 0 Å². The van der Waals surface area contributed by atoms with E-state index in [1.165, 1.54) is 5.56 Å². The van der Waals surface area contributed by atoms with Crippen LogP contribution in [0.4, 0.5) is 0 Å². The summed E-state index contributed by atoms with van der Waals surface area (Å²) < 4.78 is 0. The molecular weight excluding hydrogens is 186 g/mol. The number of nitrogens with two attached hydrogens (primary N) is 1. The summed E-state index contributed by atoms with van der Waals surface area (Å²) in [6.07, 6.45) is 2.79. The molecule has 3 N–H and O–H groups in total. The summed E-state index contributed by atoms with van der Waals surface area (Å²) in [6, 6.07) is 8.16. The maximum atomic E-state index is 10.2. The van der Waals surface area contributed by atoms with Gasteiger partial charge in [0.15, 0.2) is 0 Å². The van der Waals surface area contributed by atoms with Gasteiger partial charge in [0.05, 0.1) is 5.60 Å². The van der Waals surface area contributed by atoms with Crippen molar-refractivity contribution in [2.24, 2.45) is 5.73 Å². The highest BCUT2D eigenvalue weighted by molar-refractivity contribution is 5.27. The van der Waals surface area contributed by atoms with Gasteiger partial charge in [0.1, 0.15) is 0 Å². The van der Waals surface area contributed by atoms with Gasteiger partial charge in [-0.2, -0.15) is 0 Å². The van der Waals surface area contributed by atoms with Crippen LogP contribution in [0.1, 0.15) is 37.8 Å². The lowest BCUT2D eigenvalue weighted by Crippen LogP contribution is -2.25. The summed E-state index contributed by atoms with van der Waals surface area (Å²) in [5, 5.41) is 10.2. The Balaban J connectivity index is 2.88. The second-order valence-electron chi connectivity index (χ2n) is 4.26. The van der Waals surface area contributed by atoms with E-state index in [1.54, 1.807) is 0 Å². The molecule has 0 heterocycles. The monoisotopic (exact) mass is 207 g/mol. The predicted octanol–water partition coefficient (Wildman–Crippen LogP) is 2.20. The van der Waals surface area contributed by atoms with Crippen LogP contribution in [0.15, 0.2) is 24.3 Å².